The highest BCUT2D eigenvalue weighted by molar-refractivity contribution is 5.29. The standard InChI is InChI=1S/C18H21F/c1-18(2,3)16-11-9-15(10-12-16)17(19)13-14-7-5-4-6-8-14/h4-12,17H,13H2,1-3H3. The molecule has 0 heterocycles. The third-order valence-corrected chi connectivity index (χ3v) is 3.40. The van der Waals surface area contributed by atoms with E-state index in [0.29, 0.717) is 6.42 Å². The van der Waals surface area contributed by atoms with Crippen molar-refractivity contribution < 1.29 is 4.39 Å². The molecular weight excluding hydrogens is 235 g/mol. The van der Waals surface area contributed by atoms with Crippen LogP contribution in [0, 0.1) is 0 Å². The minimum absolute atomic E-state index is 0.115. The summed E-state index contributed by atoms with van der Waals surface area (Å²) in [5.74, 6) is 0. The molecule has 0 radical (unpaired) electrons. The van der Waals surface area contributed by atoms with Crippen molar-refractivity contribution in [1.29, 1.82) is 0 Å². The summed E-state index contributed by atoms with van der Waals surface area (Å²) in [5.41, 5.74) is 3.15. The quantitative estimate of drug-likeness (QED) is 0.704. The number of rotatable bonds is 3. The number of halogens is 1. The fourth-order valence-corrected chi connectivity index (χ4v) is 2.13. The molecule has 0 amide bonds. The Hall–Kier alpha value is -1.63. The van der Waals surface area contributed by atoms with E-state index in [1.807, 2.05) is 54.6 Å². The predicted molar refractivity (Wildman–Crippen MR) is 79.1 cm³/mol. The van der Waals surface area contributed by atoms with E-state index in [4.69, 9.17) is 0 Å². The molecule has 0 fully saturated rings. The lowest BCUT2D eigenvalue weighted by Gasteiger charge is -2.19. The molecule has 100 valence electrons. The van der Waals surface area contributed by atoms with E-state index in [0.717, 1.165) is 11.1 Å². The van der Waals surface area contributed by atoms with Gasteiger partial charge in [-0.1, -0.05) is 75.4 Å². The Morgan fingerprint density at radius 1 is 0.895 bits per heavy atom. The van der Waals surface area contributed by atoms with Gasteiger partial charge in [-0.2, -0.15) is 0 Å². The van der Waals surface area contributed by atoms with Gasteiger partial charge in [-0.15, -0.1) is 0 Å². The SMILES string of the molecule is CC(C)(C)c1ccc(C(F)Cc2ccccc2)cc1. The molecule has 19 heavy (non-hydrogen) atoms. The van der Waals surface area contributed by atoms with Gasteiger partial charge in [0, 0.05) is 6.42 Å². The van der Waals surface area contributed by atoms with Crippen molar-refractivity contribution in [3.63, 3.8) is 0 Å². The van der Waals surface area contributed by atoms with Crippen LogP contribution >= 0.6 is 0 Å². The molecule has 0 saturated heterocycles. The van der Waals surface area contributed by atoms with Crippen LogP contribution < -0.4 is 0 Å². The summed E-state index contributed by atoms with van der Waals surface area (Å²) in [4.78, 5) is 0. The number of alkyl halides is 1. The summed E-state index contributed by atoms with van der Waals surface area (Å²) in [6, 6.07) is 17.7. The van der Waals surface area contributed by atoms with E-state index in [-0.39, 0.29) is 5.41 Å². The fourth-order valence-electron chi connectivity index (χ4n) is 2.13. The zero-order valence-electron chi connectivity index (χ0n) is 11.9. The van der Waals surface area contributed by atoms with Gasteiger partial charge in [0.25, 0.3) is 0 Å². The van der Waals surface area contributed by atoms with Crippen molar-refractivity contribution in [1.82, 2.24) is 0 Å². The third-order valence-electron chi connectivity index (χ3n) is 3.40. The van der Waals surface area contributed by atoms with Crippen LogP contribution in [0.4, 0.5) is 4.39 Å². The highest BCUT2D eigenvalue weighted by Crippen LogP contribution is 2.26. The van der Waals surface area contributed by atoms with E-state index in [1.54, 1.807) is 0 Å². The van der Waals surface area contributed by atoms with Crippen LogP contribution in [0.2, 0.25) is 0 Å². The first-order chi connectivity index (χ1) is 8.97. The first kappa shape index (κ1) is 13.8. The van der Waals surface area contributed by atoms with Crippen molar-refractivity contribution >= 4 is 0 Å². The maximum atomic E-state index is 14.2. The molecule has 0 saturated carbocycles. The maximum absolute atomic E-state index is 14.2. The minimum atomic E-state index is -0.934. The van der Waals surface area contributed by atoms with E-state index in [9.17, 15) is 4.39 Å². The molecule has 1 atom stereocenters. The van der Waals surface area contributed by atoms with Gasteiger partial charge < -0.3 is 0 Å². The summed E-state index contributed by atoms with van der Waals surface area (Å²) in [6.45, 7) is 6.50. The summed E-state index contributed by atoms with van der Waals surface area (Å²) in [7, 11) is 0. The number of hydrogen-bond donors (Lipinski definition) is 0. The van der Waals surface area contributed by atoms with Crippen LogP contribution in [-0.2, 0) is 11.8 Å². The molecule has 0 nitrogen and oxygen atoms in total. The molecule has 1 heteroatoms. The second-order valence-corrected chi connectivity index (χ2v) is 6.03. The normalized spacial score (nSPS) is 13.3. The zero-order chi connectivity index (χ0) is 13.9. The third kappa shape index (κ3) is 3.66. The summed E-state index contributed by atoms with van der Waals surface area (Å²) in [6.07, 6.45) is -0.494. The van der Waals surface area contributed by atoms with Crippen LogP contribution in [0.5, 0.6) is 0 Å². The Kier molecular flexibility index (Phi) is 4.04. The lowest BCUT2D eigenvalue weighted by Crippen LogP contribution is -2.11. The molecule has 2 aromatic carbocycles. The molecular formula is C18H21F. The van der Waals surface area contributed by atoms with Crippen LogP contribution in [0.1, 0.15) is 43.6 Å². The lowest BCUT2D eigenvalue weighted by atomic mass is 9.86. The largest absolute Gasteiger partial charge is 0.242 e. The lowest BCUT2D eigenvalue weighted by molar-refractivity contribution is 0.342. The van der Waals surface area contributed by atoms with E-state index < -0.39 is 6.17 Å². The summed E-state index contributed by atoms with van der Waals surface area (Å²) in [5, 5.41) is 0. The Bertz CT molecular complexity index is 506. The van der Waals surface area contributed by atoms with Gasteiger partial charge in [0.2, 0.25) is 0 Å². The molecule has 0 N–H and O–H groups in total. The Labute approximate surface area is 115 Å². The predicted octanol–water partition coefficient (Wildman–Crippen LogP) is 5.24. The second kappa shape index (κ2) is 5.56. The van der Waals surface area contributed by atoms with Crippen LogP contribution in [0.3, 0.4) is 0 Å². The highest BCUT2D eigenvalue weighted by atomic mass is 19.1. The average molecular weight is 256 g/mol. The summed E-state index contributed by atoms with van der Waals surface area (Å²) >= 11 is 0. The fraction of sp³-hybridized carbons (Fsp3) is 0.333. The van der Waals surface area contributed by atoms with E-state index >= 15 is 0 Å². The van der Waals surface area contributed by atoms with Crippen molar-refractivity contribution in [2.24, 2.45) is 0 Å². The Morgan fingerprint density at radius 2 is 1.47 bits per heavy atom. The van der Waals surface area contributed by atoms with Crippen molar-refractivity contribution in [3.05, 3.63) is 71.3 Å². The van der Waals surface area contributed by atoms with Crippen LogP contribution in [0.25, 0.3) is 0 Å². The van der Waals surface area contributed by atoms with Crippen LogP contribution in [-0.4, -0.2) is 0 Å². The molecule has 2 rings (SSSR count). The Morgan fingerprint density at radius 3 is 2.00 bits per heavy atom. The van der Waals surface area contributed by atoms with Crippen molar-refractivity contribution in [3.8, 4) is 0 Å². The summed E-state index contributed by atoms with van der Waals surface area (Å²) < 4.78 is 14.2. The molecule has 0 aromatic heterocycles. The molecule has 1 unspecified atom stereocenters. The highest BCUT2D eigenvalue weighted by Gasteiger charge is 2.15. The molecule has 0 aliphatic carbocycles. The average Bonchev–Trinajstić information content (AvgIpc) is 2.39. The van der Waals surface area contributed by atoms with Gasteiger partial charge in [0.15, 0.2) is 0 Å². The zero-order valence-corrected chi connectivity index (χ0v) is 11.9. The number of hydrogen-bond acceptors (Lipinski definition) is 0. The first-order valence-electron chi connectivity index (χ1n) is 6.75. The smallest absolute Gasteiger partial charge is 0.129 e. The van der Waals surface area contributed by atoms with Gasteiger partial charge in [-0.25, -0.2) is 4.39 Å². The second-order valence-electron chi connectivity index (χ2n) is 6.03. The van der Waals surface area contributed by atoms with E-state index in [1.165, 1.54) is 5.56 Å². The van der Waals surface area contributed by atoms with E-state index in [2.05, 4.69) is 20.8 Å². The topological polar surface area (TPSA) is 0 Å². The van der Waals surface area contributed by atoms with Crippen molar-refractivity contribution in [2.75, 3.05) is 0 Å². The van der Waals surface area contributed by atoms with Gasteiger partial charge in [-0.3, -0.25) is 0 Å². The van der Waals surface area contributed by atoms with Gasteiger partial charge >= 0.3 is 0 Å². The van der Waals surface area contributed by atoms with Gasteiger partial charge in [-0.05, 0) is 22.1 Å². The molecule has 0 spiro atoms. The monoisotopic (exact) mass is 256 g/mol. The molecule has 0 aliphatic heterocycles. The maximum Gasteiger partial charge on any atom is 0.129 e. The minimum Gasteiger partial charge on any atom is -0.242 e. The number of benzene rings is 2. The first-order valence-corrected chi connectivity index (χ1v) is 6.75. The Balaban J connectivity index is 2.10. The molecule has 0 aliphatic rings. The van der Waals surface area contributed by atoms with Gasteiger partial charge in [0.1, 0.15) is 6.17 Å². The van der Waals surface area contributed by atoms with Crippen molar-refractivity contribution in [2.45, 2.75) is 38.8 Å². The molecule has 2 aromatic rings. The molecule has 0 bridgehead atoms. The van der Waals surface area contributed by atoms with Crippen LogP contribution in [0.15, 0.2) is 54.6 Å². The van der Waals surface area contributed by atoms with Gasteiger partial charge in [0.05, 0.1) is 0 Å².